The molecule has 0 aliphatic rings. The van der Waals surface area contributed by atoms with Crippen LogP contribution in [0.4, 0.5) is 0 Å². The Bertz CT molecular complexity index is 545. The van der Waals surface area contributed by atoms with Crippen molar-refractivity contribution in [2.45, 2.75) is 13.3 Å². The molecule has 0 atom stereocenters. The minimum atomic E-state index is -0.229. The summed E-state index contributed by atoms with van der Waals surface area (Å²) in [4.78, 5) is 15.3. The molecule has 88 valence electrons. The number of carbonyl (C=O) groups excluding carboxylic acids is 1. The lowest BCUT2D eigenvalue weighted by atomic mass is 10.3. The monoisotopic (exact) mass is 231 g/mol. The van der Waals surface area contributed by atoms with E-state index in [0.717, 1.165) is 11.2 Å². The van der Waals surface area contributed by atoms with Gasteiger partial charge in [-0.2, -0.15) is 5.10 Å². The minimum Gasteiger partial charge on any atom is -0.466 e. The Kier molecular flexibility index (Phi) is 3.49. The van der Waals surface area contributed by atoms with Crippen LogP contribution in [-0.2, 0) is 9.53 Å². The molecule has 0 spiro atoms. The summed E-state index contributed by atoms with van der Waals surface area (Å²) in [6, 6.07) is 1.81. The average Bonchev–Trinajstić information content (AvgIpc) is 2.73. The highest BCUT2D eigenvalue weighted by Gasteiger charge is 2.01. The number of aromatic nitrogens is 3. The first-order valence-corrected chi connectivity index (χ1v) is 5.41. The number of rotatable bonds is 4. The molecule has 0 radical (unpaired) electrons. The zero-order valence-electron chi connectivity index (χ0n) is 9.54. The van der Waals surface area contributed by atoms with Crippen molar-refractivity contribution in [2.24, 2.45) is 0 Å². The number of carbonyl (C=O) groups is 1. The van der Waals surface area contributed by atoms with Crippen molar-refractivity contribution in [3.8, 4) is 0 Å². The molecule has 0 aromatic carbocycles. The number of hydrogen-bond donors (Lipinski definition) is 0. The van der Waals surface area contributed by atoms with Gasteiger partial charge in [0.1, 0.15) is 0 Å². The maximum atomic E-state index is 11.1. The molecule has 2 aromatic heterocycles. The lowest BCUT2D eigenvalue weighted by Gasteiger charge is -1.96. The molecule has 5 heteroatoms. The molecule has 0 bridgehead atoms. The maximum Gasteiger partial charge on any atom is 0.309 e. The average molecular weight is 231 g/mol. The minimum absolute atomic E-state index is 0.229. The standard InChI is InChI=1S/C12H13N3O2/c1-2-17-11(16)6-3-5-10-9-14-15-8-4-7-13-12(10)15/h3-5,7-9H,2,6H2,1H3. The molecular weight excluding hydrogens is 218 g/mol. The molecule has 0 aliphatic carbocycles. The molecule has 2 rings (SSSR count). The quantitative estimate of drug-likeness (QED) is 0.751. The van der Waals surface area contributed by atoms with Crippen LogP contribution in [0.15, 0.2) is 30.7 Å². The van der Waals surface area contributed by atoms with Gasteiger partial charge in [0.15, 0.2) is 5.65 Å². The predicted molar refractivity (Wildman–Crippen MR) is 63.3 cm³/mol. The lowest BCUT2D eigenvalue weighted by Crippen LogP contribution is -2.01. The second kappa shape index (κ2) is 5.25. The normalized spacial score (nSPS) is 11.1. The fourth-order valence-corrected chi connectivity index (χ4v) is 1.47. The van der Waals surface area contributed by atoms with E-state index in [1.54, 1.807) is 29.9 Å². The maximum absolute atomic E-state index is 11.1. The molecule has 0 saturated heterocycles. The van der Waals surface area contributed by atoms with E-state index in [2.05, 4.69) is 10.1 Å². The molecule has 2 heterocycles. The topological polar surface area (TPSA) is 56.5 Å². The van der Waals surface area contributed by atoms with Crippen molar-refractivity contribution < 1.29 is 9.53 Å². The zero-order chi connectivity index (χ0) is 12.1. The highest BCUT2D eigenvalue weighted by Crippen LogP contribution is 2.09. The van der Waals surface area contributed by atoms with Gasteiger partial charge >= 0.3 is 5.97 Å². The summed E-state index contributed by atoms with van der Waals surface area (Å²) in [5.41, 5.74) is 1.66. The van der Waals surface area contributed by atoms with Crippen LogP contribution in [0.5, 0.6) is 0 Å². The van der Waals surface area contributed by atoms with E-state index in [1.807, 2.05) is 18.3 Å². The SMILES string of the molecule is CCOC(=O)CC=Cc1cnn2cccnc12. The van der Waals surface area contributed by atoms with Crippen LogP contribution < -0.4 is 0 Å². The van der Waals surface area contributed by atoms with Crippen LogP contribution in [0.2, 0.25) is 0 Å². The Hall–Kier alpha value is -2.17. The molecule has 0 fully saturated rings. The van der Waals surface area contributed by atoms with E-state index >= 15 is 0 Å². The number of ether oxygens (including phenoxy) is 1. The van der Waals surface area contributed by atoms with Crippen LogP contribution in [0.3, 0.4) is 0 Å². The first-order valence-electron chi connectivity index (χ1n) is 5.41. The second-order valence-electron chi connectivity index (χ2n) is 3.40. The molecule has 0 N–H and O–H groups in total. The fraction of sp³-hybridized carbons (Fsp3) is 0.250. The van der Waals surface area contributed by atoms with Gasteiger partial charge < -0.3 is 4.74 Å². The Labute approximate surface area is 98.7 Å². The summed E-state index contributed by atoms with van der Waals surface area (Å²) in [5, 5.41) is 4.14. The summed E-state index contributed by atoms with van der Waals surface area (Å²) >= 11 is 0. The van der Waals surface area contributed by atoms with Crippen molar-refractivity contribution >= 4 is 17.7 Å². The zero-order valence-corrected chi connectivity index (χ0v) is 9.54. The van der Waals surface area contributed by atoms with Gasteiger partial charge in [0, 0.05) is 18.0 Å². The van der Waals surface area contributed by atoms with E-state index in [0.29, 0.717) is 6.61 Å². The summed E-state index contributed by atoms with van der Waals surface area (Å²) in [7, 11) is 0. The highest BCUT2D eigenvalue weighted by atomic mass is 16.5. The summed E-state index contributed by atoms with van der Waals surface area (Å²) in [5.74, 6) is -0.229. The summed E-state index contributed by atoms with van der Waals surface area (Å²) in [6.07, 6.45) is 9.09. The van der Waals surface area contributed by atoms with E-state index in [1.165, 1.54) is 0 Å². The van der Waals surface area contributed by atoms with E-state index in [4.69, 9.17) is 4.74 Å². The smallest absolute Gasteiger partial charge is 0.309 e. The lowest BCUT2D eigenvalue weighted by molar-refractivity contribution is -0.142. The van der Waals surface area contributed by atoms with Gasteiger partial charge in [-0.15, -0.1) is 0 Å². The third kappa shape index (κ3) is 2.69. The van der Waals surface area contributed by atoms with Crippen molar-refractivity contribution in [1.29, 1.82) is 0 Å². The second-order valence-corrected chi connectivity index (χ2v) is 3.40. The molecule has 0 amide bonds. The summed E-state index contributed by atoms with van der Waals surface area (Å²) < 4.78 is 6.51. The first-order chi connectivity index (χ1) is 8.31. The number of fused-ring (bicyclic) bond motifs is 1. The molecule has 5 nitrogen and oxygen atoms in total. The van der Waals surface area contributed by atoms with Crippen LogP contribution >= 0.6 is 0 Å². The molecule has 2 aromatic rings. The third-order valence-electron chi connectivity index (χ3n) is 2.19. The van der Waals surface area contributed by atoms with E-state index < -0.39 is 0 Å². The molecule has 0 unspecified atom stereocenters. The number of hydrogen-bond acceptors (Lipinski definition) is 4. The molecule has 0 aliphatic heterocycles. The van der Waals surface area contributed by atoms with E-state index in [9.17, 15) is 4.79 Å². The molecular formula is C12H13N3O2. The Balaban J connectivity index is 2.08. The van der Waals surface area contributed by atoms with Crippen LogP contribution in [0.25, 0.3) is 11.7 Å². The van der Waals surface area contributed by atoms with Crippen molar-refractivity contribution in [3.05, 3.63) is 36.3 Å². The van der Waals surface area contributed by atoms with Crippen LogP contribution in [-0.4, -0.2) is 27.2 Å². The van der Waals surface area contributed by atoms with Crippen LogP contribution in [0.1, 0.15) is 18.9 Å². The van der Waals surface area contributed by atoms with Gasteiger partial charge in [-0.3, -0.25) is 4.79 Å². The molecule has 0 saturated carbocycles. The summed E-state index contributed by atoms with van der Waals surface area (Å²) in [6.45, 7) is 2.20. The van der Waals surface area contributed by atoms with E-state index in [-0.39, 0.29) is 12.4 Å². The Morgan fingerprint density at radius 3 is 3.29 bits per heavy atom. The van der Waals surface area contributed by atoms with Gasteiger partial charge in [0.25, 0.3) is 0 Å². The van der Waals surface area contributed by atoms with Gasteiger partial charge in [-0.1, -0.05) is 12.2 Å². The molecule has 17 heavy (non-hydrogen) atoms. The Morgan fingerprint density at radius 2 is 2.47 bits per heavy atom. The fourth-order valence-electron chi connectivity index (χ4n) is 1.47. The number of esters is 1. The van der Waals surface area contributed by atoms with Gasteiger partial charge in [0.2, 0.25) is 0 Å². The van der Waals surface area contributed by atoms with Gasteiger partial charge in [0.05, 0.1) is 19.2 Å². The highest BCUT2D eigenvalue weighted by molar-refractivity contribution is 5.74. The van der Waals surface area contributed by atoms with Gasteiger partial charge in [-0.05, 0) is 13.0 Å². The van der Waals surface area contributed by atoms with Crippen molar-refractivity contribution in [2.75, 3.05) is 6.61 Å². The Morgan fingerprint density at radius 1 is 1.59 bits per heavy atom. The third-order valence-corrected chi connectivity index (χ3v) is 2.19. The first kappa shape index (κ1) is 11.3. The van der Waals surface area contributed by atoms with Crippen LogP contribution in [0, 0.1) is 0 Å². The van der Waals surface area contributed by atoms with Gasteiger partial charge in [-0.25, -0.2) is 9.50 Å². The number of nitrogens with zero attached hydrogens (tertiary/aromatic N) is 3. The predicted octanol–water partition coefficient (Wildman–Crippen LogP) is 1.70. The largest absolute Gasteiger partial charge is 0.466 e. The van der Waals surface area contributed by atoms with Crippen molar-refractivity contribution in [1.82, 2.24) is 14.6 Å². The van der Waals surface area contributed by atoms with Crippen molar-refractivity contribution in [3.63, 3.8) is 0 Å².